The van der Waals surface area contributed by atoms with Gasteiger partial charge < -0.3 is 5.73 Å². The van der Waals surface area contributed by atoms with Gasteiger partial charge in [0.05, 0.1) is 4.99 Å². The maximum Gasteiger partial charge on any atom is 0.0764 e. The normalized spacial score (nSPS) is 32.8. The summed E-state index contributed by atoms with van der Waals surface area (Å²) in [6, 6.07) is 0. The van der Waals surface area contributed by atoms with Crippen molar-refractivity contribution in [2.45, 2.75) is 44.9 Å². The molecule has 0 amide bonds. The molecule has 0 aromatic carbocycles. The Labute approximate surface area is 79.7 Å². The minimum absolute atomic E-state index is 0.579. The molecule has 0 heterocycles. The van der Waals surface area contributed by atoms with Gasteiger partial charge in [0.1, 0.15) is 0 Å². The van der Waals surface area contributed by atoms with Crippen LogP contribution in [0.25, 0.3) is 0 Å². The van der Waals surface area contributed by atoms with E-state index in [9.17, 15) is 0 Å². The van der Waals surface area contributed by atoms with Crippen molar-refractivity contribution in [3.8, 4) is 0 Å². The summed E-state index contributed by atoms with van der Waals surface area (Å²) in [5, 5.41) is 0. The van der Waals surface area contributed by atoms with Gasteiger partial charge in [-0.25, -0.2) is 0 Å². The molecule has 0 saturated heterocycles. The minimum atomic E-state index is 0.579. The van der Waals surface area contributed by atoms with Crippen LogP contribution in [0, 0.1) is 11.3 Å². The molecule has 68 valence electrons. The molecule has 0 aliphatic heterocycles. The summed E-state index contributed by atoms with van der Waals surface area (Å²) in [4.78, 5) is 0.786. The van der Waals surface area contributed by atoms with E-state index in [4.69, 9.17) is 18.0 Å². The van der Waals surface area contributed by atoms with Crippen molar-refractivity contribution >= 4 is 17.2 Å². The van der Waals surface area contributed by atoms with Gasteiger partial charge in [0, 0.05) is 5.92 Å². The Kier molecular flexibility index (Phi) is 2.11. The fraction of sp³-hybridized carbons (Fsp3) is 0.900. The second kappa shape index (κ2) is 2.99. The van der Waals surface area contributed by atoms with Gasteiger partial charge in [-0.3, -0.25) is 0 Å². The Bertz CT molecular complexity index is 196. The standard InChI is InChI=1S/C10H17NS/c11-9(12)8-4-2-1-3-5-10(8)6-7-10/h8H,1-7H2,(H2,11,12). The molecule has 2 aliphatic rings. The first kappa shape index (κ1) is 8.49. The molecular formula is C10H17NS. The molecule has 2 fully saturated rings. The Balaban J connectivity index is 2.11. The molecule has 0 aromatic rings. The summed E-state index contributed by atoms with van der Waals surface area (Å²) in [6.07, 6.45) is 9.54. The largest absolute Gasteiger partial charge is 0.393 e. The average molecular weight is 183 g/mol. The highest BCUT2D eigenvalue weighted by Gasteiger charge is 2.49. The lowest BCUT2D eigenvalue weighted by Crippen LogP contribution is -2.28. The predicted octanol–water partition coefficient (Wildman–Crippen LogP) is 2.63. The van der Waals surface area contributed by atoms with Crippen molar-refractivity contribution in [3.63, 3.8) is 0 Å². The predicted molar refractivity (Wildman–Crippen MR) is 55.0 cm³/mol. The molecule has 2 aliphatic carbocycles. The Morgan fingerprint density at radius 3 is 2.50 bits per heavy atom. The summed E-state index contributed by atoms with van der Waals surface area (Å²) in [6.45, 7) is 0. The van der Waals surface area contributed by atoms with Gasteiger partial charge >= 0.3 is 0 Å². The first-order chi connectivity index (χ1) is 5.75. The number of thiocarbonyl (C=S) groups is 1. The van der Waals surface area contributed by atoms with Crippen molar-refractivity contribution < 1.29 is 0 Å². The van der Waals surface area contributed by atoms with Crippen molar-refractivity contribution in [1.82, 2.24) is 0 Å². The highest BCUT2D eigenvalue weighted by molar-refractivity contribution is 7.80. The number of nitrogens with two attached hydrogens (primary N) is 1. The molecule has 2 heteroatoms. The van der Waals surface area contributed by atoms with Crippen LogP contribution in [-0.4, -0.2) is 4.99 Å². The molecule has 1 unspecified atom stereocenters. The van der Waals surface area contributed by atoms with Crippen molar-refractivity contribution in [1.29, 1.82) is 0 Å². The summed E-state index contributed by atoms with van der Waals surface area (Å²) in [7, 11) is 0. The Morgan fingerprint density at radius 1 is 1.17 bits per heavy atom. The maximum atomic E-state index is 5.78. The molecule has 1 atom stereocenters. The molecule has 0 radical (unpaired) electrons. The van der Waals surface area contributed by atoms with Gasteiger partial charge in [0.2, 0.25) is 0 Å². The number of hydrogen-bond donors (Lipinski definition) is 1. The SMILES string of the molecule is NC(=S)C1CCCCCC12CC2. The zero-order valence-corrected chi connectivity index (χ0v) is 8.33. The molecule has 0 aromatic heterocycles. The second-order valence-corrected chi connectivity index (χ2v) is 4.89. The zero-order chi connectivity index (χ0) is 8.60. The van der Waals surface area contributed by atoms with Crippen LogP contribution in [0.4, 0.5) is 0 Å². The smallest absolute Gasteiger partial charge is 0.0764 e. The third kappa shape index (κ3) is 1.37. The zero-order valence-electron chi connectivity index (χ0n) is 7.51. The molecule has 1 nitrogen and oxygen atoms in total. The molecule has 12 heavy (non-hydrogen) atoms. The third-order valence-electron chi connectivity index (χ3n) is 3.64. The van der Waals surface area contributed by atoms with E-state index in [2.05, 4.69) is 0 Å². The fourth-order valence-electron chi connectivity index (χ4n) is 2.69. The van der Waals surface area contributed by atoms with Crippen LogP contribution < -0.4 is 5.73 Å². The molecule has 2 N–H and O–H groups in total. The van der Waals surface area contributed by atoms with Crippen LogP contribution in [0.2, 0.25) is 0 Å². The average Bonchev–Trinajstić information content (AvgIpc) is 2.80. The van der Waals surface area contributed by atoms with Crippen LogP contribution in [0.15, 0.2) is 0 Å². The molecule has 1 spiro atoms. The van der Waals surface area contributed by atoms with E-state index in [-0.39, 0.29) is 0 Å². The van der Waals surface area contributed by atoms with Crippen LogP contribution in [-0.2, 0) is 0 Å². The minimum Gasteiger partial charge on any atom is -0.393 e. The van der Waals surface area contributed by atoms with E-state index in [0.717, 1.165) is 4.99 Å². The van der Waals surface area contributed by atoms with E-state index in [1.54, 1.807) is 0 Å². The van der Waals surface area contributed by atoms with Crippen molar-refractivity contribution in [2.24, 2.45) is 17.1 Å². The van der Waals surface area contributed by atoms with Crippen LogP contribution in [0.5, 0.6) is 0 Å². The summed E-state index contributed by atoms with van der Waals surface area (Å²) in [5.41, 5.74) is 6.37. The van der Waals surface area contributed by atoms with Crippen molar-refractivity contribution in [2.75, 3.05) is 0 Å². The highest BCUT2D eigenvalue weighted by Crippen LogP contribution is 2.58. The van der Waals surface area contributed by atoms with Gasteiger partial charge in [-0.05, 0) is 31.1 Å². The van der Waals surface area contributed by atoms with Crippen LogP contribution in [0.3, 0.4) is 0 Å². The number of hydrogen-bond acceptors (Lipinski definition) is 1. The molecule has 2 saturated carbocycles. The molecular weight excluding hydrogens is 166 g/mol. The van der Waals surface area contributed by atoms with E-state index in [1.807, 2.05) is 0 Å². The van der Waals surface area contributed by atoms with Gasteiger partial charge in [-0.2, -0.15) is 0 Å². The monoisotopic (exact) mass is 183 g/mol. The van der Waals surface area contributed by atoms with Crippen LogP contribution in [0.1, 0.15) is 44.9 Å². The second-order valence-electron chi connectivity index (χ2n) is 4.42. The maximum absolute atomic E-state index is 5.78. The summed E-state index contributed by atoms with van der Waals surface area (Å²) in [5.74, 6) is 0.579. The topological polar surface area (TPSA) is 26.0 Å². The Morgan fingerprint density at radius 2 is 1.92 bits per heavy atom. The van der Waals surface area contributed by atoms with E-state index >= 15 is 0 Å². The highest BCUT2D eigenvalue weighted by atomic mass is 32.1. The lowest BCUT2D eigenvalue weighted by atomic mass is 9.85. The summed E-state index contributed by atoms with van der Waals surface area (Å²) < 4.78 is 0. The molecule has 2 rings (SSSR count). The van der Waals surface area contributed by atoms with Crippen LogP contribution >= 0.6 is 12.2 Å². The number of rotatable bonds is 1. The Hall–Kier alpha value is -0.110. The quantitative estimate of drug-likeness (QED) is 0.632. The lowest BCUT2D eigenvalue weighted by Gasteiger charge is -2.22. The first-order valence-corrected chi connectivity index (χ1v) is 5.45. The van der Waals surface area contributed by atoms with E-state index in [0.29, 0.717) is 11.3 Å². The van der Waals surface area contributed by atoms with Gasteiger partial charge in [-0.1, -0.05) is 31.5 Å². The van der Waals surface area contributed by atoms with Crippen molar-refractivity contribution in [3.05, 3.63) is 0 Å². The van der Waals surface area contributed by atoms with Gasteiger partial charge in [0.15, 0.2) is 0 Å². The fourth-order valence-corrected chi connectivity index (χ4v) is 3.05. The van der Waals surface area contributed by atoms with Gasteiger partial charge in [-0.15, -0.1) is 0 Å². The van der Waals surface area contributed by atoms with Gasteiger partial charge in [0.25, 0.3) is 0 Å². The summed E-state index contributed by atoms with van der Waals surface area (Å²) >= 11 is 5.14. The lowest BCUT2D eigenvalue weighted by molar-refractivity contribution is 0.370. The molecule has 0 bridgehead atoms. The third-order valence-corrected chi connectivity index (χ3v) is 3.93. The van der Waals surface area contributed by atoms with E-state index < -0.39 is 0 Å². The van der Waals surface area contributed by atoms with E-state index in [1.165, 1.54) is 44.9 Å². The first-order valence-electron chi connectivity index (χ1n) is 5.04.